The van der Waals surface area contributed by atoms with Crippen LogP contribution in [0.15, 0.2) is 0 Å². The third kappa shape index (κ3) is 8.08. The van der Waals surface area contributed by atoms with Crippen LogP contribution in [-0.2, 0) is 10.8 Å². The zero-order valence-electron chi connectivity index (χ0n) is 24.3. The van der Waals surface area contributed by atoms with E-state index < -0.39 is 10.8 Å². The lowest BCUT2D eigenvalue weighted by molar-refractivity contribution is 0.185. The van der Waals surface area contributed by atoms with Crippen LogP contribution in [0.5, 0.6) is 0 Å². The van der Waals surface area contributed by atoms with Gasteiger partial charge in [0.1, 0.15) is 0 Å². The molecule has 0 spiro atoms. The third-order valence-electron chi connectivity index (χ3n) is 9.35. The molecule has 4 atom stereocenters. The van der Waals surface area contributed by atoms with Crippen molar-refractivity contribution in [3.63, 3.8) is 0 Å². The van der Waals surface area contributed by atoms with Crippen molar-refractivity contribution >= 4 is 10.8 Å². The van der Waals surface area contributed by atoms with Gasteiger partial charge in [0, 0.05) is 20.3 Å². The fourth-order valence-corrected chi connectivity index (χ4v) is 11.5. The van der Waals surface area contributed by atoms with Gasteiger partial charge in [-0.15, -0.1) is 0 Å². The predicted molar refractivity (Wildman–Crippen MR) is 154 cm³/mol. The third-order valence-corrected chi connectivity index (χ3v) is 12.2. The van der Waals surface area contributed by atoms with Gasteiger partial charge in [0.15, 0.2) is 0 Å². The topological polar surface area (TPSA) is 17.1 Å². The molecule has 0 aromatic rings. The summed E-state index contributed by atoms with van der Waals surface area (Å²) >= 11 is 0. The maximum Gasteiger partial charge on any atom is 0.0495 e. The summed E-state index contributed by atoms with van der Waals surface area (Å²) < 4.78 is 15.5. The second kappa shape index (κ2) is 15.4. The Morgan fingerprint density at radius 1 is 0.647 bits per heavy atom. The lowest BCUT2D eigenvalue weighted by atomic mass is 9.71. The van der Waals surface area contributed by atoms with Crippen LogP contribution in [0.25, 0.3) is 0 Å². The molecule has 0 aromatic heterocycles. The number of unbranched alkanes of at least 4 members (excludes halogenated alkanes) is 6. The Bertz CT molecular complexity index is 521. The Morgan fingerprint density at radius 2 is 1.06 bits per heavy atom. The van der Waals surface area contributed by atoms with E-state index in [0.29, 0.717) is 23.7 Å². The molecule has 1 nitrogen and oxygen atoms in total. The normalized spacial score (nSPS) is 31.3. The van der Waals surface area contributed by atoms with Crippen LogP contribution in [0.2, 0.25) is 0 Å². The number of hydrogen-bond donors (Lipinski definition) is 0. The van der Waals surface area contributed by atoms with Gasteiger partial charge in [-0.25, -0.2) is 0 Å². The molecule has 0 aliphatic heterocycles. The smallest absolute Gasteiger partial charge is 0.0495 e. The molecule has 4 unspecified atom stereocenters. The van der Waals surface area contributed by atoms with Gasteiger partial charge in [-0.1, -0.05) is 119 Å². The van der Waals surface area contributed by atoms with Crippen LogP contribution >= 0.6 is 0 Å². The standard InChI is InChI=1S/C32H62OS/c1-7-9-11-13-19-29-21-15-17-23-31(29,25-27(3)4)34(33)32(26-28(5)6)24-18-16-22-30(32)20-14-12-10-8-2/h27-30H,7-26H2,1-6H3. The van der Waals surface area contributed by atoms with E-state index in [0.717, 1.165) is 0 Å². The van der Waals surface area contributed by atoms with E-state index in [4.69, 9.17) is 0 Å². The minimum atomic E-state index is -0.726. The Balaban J connectivity index is 2.40. The molecule has 0 amide bonds. The molecular formula is C32H62OS. The summed E-state index contributed by atoms with van der Waals surface area (Å²) in [6.45, 7) is 14.2. The zero-order chi connectivity index (χ0) is 25.0. The lowest BCUT2D eigenvalue weighted by Crippen LogP contribution is -2.57. The second-order valence-corrected chi connectivity index (χ2v) is 15.3. The molecule has 0 bridgehead atoms. The van der Waals surface area contributed by atoms with Gasteiger partial charge >= 0.3 is 0 Å². The first-order valence-corrected chi connectivity index (χ1v) is 16.9. The molecule has 0 saturated heterocycles. The molecular weight excluding hydrogens is 432 g/mol. The summed E-state index contributed by atoms with van der Waals surface area (Å²) in [7, 11) is -0.726. The van der Waals surface area contributed by atoms with Crippen LogP contribution in [0, 0.1) is 23.7 Å². The molecule has 2 rings (SSSR count). The highest BCUT2D eigenvalue weighted by Crippen LogP contribution is 2.54. The van der Waals surface area contributed by atoms with Gasteiger partial charge < -0.3 is 0 Å². The Morgan fingerprint density at radius 3 is 1.41 bits per heavy atom. The fourth-order valence-electron chi connectivity index (χ4n) is 7.98. The van der Waals surface area contributed by atoms with Crippen molar-refractivity contribution in [3.05, 3.63) is 0 Å². The monoisotopic (exact) mass is 494 g/mol. The lowest BCUT2D eigenvalue weighted by Gasteiger charge is -2.54. The van der Waals surface area contributed by atoms with Crippen LogP contribution < -0.4 is 0 Å². The van der Waals surface area contributed by atoms with E-state index in [-0.39, 0.29) is 9.49 Å². The summed E-state index contributed by atoms with van der Waals surface area (Å²) in [6, 6.07) is 0. The first kappa shape index (κ1) is 30.4. The Hall–Kier alpha value is 0.150. The van der Waals surface area contributed by atoms with Gasteiger partial charge in [-0.3, -0.25) is 4.21 Å². The Kier molecular flexibility index (Phi) is 13.8. The highest BCUT2D eigenvalue weighted by atomic mass is 32.2. The highest BCUT2D eigenvalue weighted by molar-refractivity contribution is 7.88. The van der Waals surface area contributed by atoms with Crippen molar-refractivity contribution in [2.24, 2.45) is 23.7 Å². The fraction of sp³-hybridized carbons (Fsp3) is 1.00. The summed E-state index contributed by atoms with van der Waals surface area (Å²) in [5, 5.41) is 0. The van der Waals surface area contributed by atoms with Gasteiger partial charge in [0.2, 0.25) is 0 Å². The molecule has 0 N–H and O–H groups in total. The van der Waals surface area contributed by atoms with Crippen molar-refractivity contribution in [1.29, 1.82) is 0 Å². The maximum absolute atomic E-state index is 15.4. The molecule has 34 heavy (non-hydrogen) atoms. The maximum atomic E-state index is 15.4. The molecule has 2 fully saturated rings. The molecule has 0 radical (unpaired) electrons. The second-order valence-electron chi connectivity index (χ2n) is 13.2. The van der Waals surface area contributed by atoms with Crippen molar-refractivity contribution in [1.82, 2.24) is 0 Å². The minimum absolute atomic E-state index is 0.0759. The van der Waals surface area contributed by atoms with Crippen molar-refractivity contribution in [3.8, 4) is 0 Å². The van der Waals surface area contributed by atoms with Crippen LogP contribution in [0.1, 0.15) is 170 Å². The van der Waals surface area contributed by atoms with Crippen LogP contribution in [0.4, 0.5) is 0 Å². The summed E-state index contributed by atoms with van der Waals surface area (Å²) in [6.07, 6.45) is 26.3. The highest BCUT2D eigenvalue weighted by Gasteiger charge is 2.56. The predicted octanol–water partition coefficient (Wildman–Crippen LogP) is 10.6. The first-order valence-electron chi connectivity index (χ1n) is 15.7. The minimum Gasteiger partial charge on any atom is -0.258 e. The molecule has 2 aliphatic rings. The van der Waals surface area contributed by atoms with Gasteiger partial charge in [-0.05, 0) is 75.0 Å². The summed E-state index contributed by atoms with van der Waals surface area (Å²) in [4.78, 5) is 0. The van der Waals surface area contributed by atoms with E-state index in [2.05, 4.69) is 41.5 Å². The van der Waals surface area contributed by atoms with Crippen molar-refractivity contribution in [2.45, 2.75) is 179 Å². The molecule has 2 heteroatoms. The molecule has 2 saturated carbocycles. The van der Waals surface area contributed by atoms with E-state index >= 15 is 4.21 Å². The average molecular weight is 495 g/mol. The van der Waals surface area contributed by atoms with Crippen molar-refractivity contribution < 1.29 is 4.21 Å². The van der Waals surface area contributed by atoms with Crippen molar-refractivity contribution in [2.75, 3.05) is 0 Å². The summed E-state index contributed by atoms with van der Waals surface area (Å²) in [5.41, 5.74) is 0. The van der Waals surface area contributed by atoms with E-state index in [1.54, 1.807) is 0 Å². The SMILES string of the molecule is CCCCCCC1CCCCC1(CC(C)C)S(=O)C1(CC(C)C)CCCCC1CCCCCC. The quantitative estimate of drug-likeness (QED) is 0.195. The molecule has 202 valence electrons. The van der Waals surface area contributed by atoms with E-state index in [1.807, 2.05) is 0 Å². The number of rotatable bonds is 16. The van der Waals surface area contributed by atoms with Crippen LogP contribution in [-0.4, -0.2) is 13.7 Å². The van der Waals surface area contributed by atoms with E-state index in [1.165, 1.54) is 128 Å². The molecule has 2 aliphatic carbocycles. The first-order chi connectivity index (χ1) is 16.3. The van der Waals surface area contributed by atoms with Crippen LogP contribution in [0.3, 0.4) is 0 Å². The summed E-state index contributed by atoms with van der Waals surface area (Å²) in [5.74, 6) is 2.66. The largest absolute Gasteiger partial charge is 0.258 e. The average Bonchev–Trinajstić information content (AvgIpc) is 2.80. The van der Waals surface area contributed by atoms with Gasteiger partial charge in [0.05, 0.1) is 0 Å². The zero-order valence-corrected chi connectivity index (χ0v) is 25.1. The molecule has 0 heterocycles. The molecule has 0 aromatic carbocycles. The van der Waals surface area contributed by atoms with Gasteiger partial charge in [-0.2, -0.15) is 0 Å². The van der Waals surface area contributed by atoms with E-state index in [9.17, 15) is 0 Å². The number of hydrogen-bond acceptors (Lipinski definition) is 1. The Labute approximate surface area is 217 Å². The van der Waals surface area contributed by atoms with Gasteiger partial charge in [0.25, 0.3) is 0 Å².